The zero-order valence-corrected chi connectivity index (χ0v) is 11.8. The standard InChI is InChI=1S/C16H25FN2/c1-19(16-10-6-5-9-15(16)17)14(12-18)11-13-7-3-2-4-8-13/h5-6,9-10,13-14H,2-4,7-8,11-12,18H2,1H3. The SMILES string of the molecule is CN(c1ccccc1F)C(CN)CC1CCCCC1. The fourth-order valence-corrected chi connectivity index (χ4v) is 3.15. The van der Waals surface area contributed by atoms with Crippen molar-refractivity contribution in [1.82, 2.24) is 0 Å². The largest absolute Gasteiger partial charge is 0.368 e. The Morgan fingerprint density at radius 1 is 1.26 bits per heavy atom. The van der Waals surface area contributed by atoms with Gasteiger partial charge in [-0.1, -0.05) is 44.2 Å². The molecule has 1 saturated carbocycles. The van der Waals surface area contributed by atoms with E-state index in [2.05, 4.69) is 0 Å². The van der Waals surface area contributed by atoms with Crippen LogP contribution in [0.4, 0.5) is 10.1 Å². The van der Waals surface area contributed by atoms with Crippen LogP contribution >= 0.6 is 0 Å². The highest BCUT2D eigenvalue weighted by Gasteiger charge is 2.22. The third-order valence-corrected chi connectivity index (χ3v) is 4.38. The molecule has 2 rings (SSSR count). The number of anilines is 1. The van der Waals surface area contributed by atoms with Gasteiger partial charge in [-0.3, -0.25) is 0 Å². The second kappa shape index (κ2) is 6.90. The summed E-state index contributed by atoms with van der Waals surface area (Å²) < 4.78 is 13.8. The van der Waals surface area contributed by atoms with Crippen molar-refractivity contribution in [2.45, 2.75) is 44.6 Å². The Morgan fingerprint density at radius 2 is 1.95 bits per heavy atom. The molecule has 1 aliphatic rings. The summed E-state index contributed by atoms with van der Waals surface area (Å²) in [5.74, 6) is 0.601. The molecular formula is C16H25FN2. The number of benzene rings is 1. The summed E-state index contributed by atoms with van der Waals surface area (Å²) >= 11 is 0. The first-order chi connectivity index (χ1) is 9.22. The number of nitrogens with two attached hydrogens (primary N) is 1. The minimum Gasteiger partial charge on any atom is -0.368 e. The Kier molecular flexibility index (Phi) is 5.20. The lowest BCUT2D eigenvalue weighted by Crippen LogP contribution is -2.40. The van der Waals surface area contributed by atoms with Crippen molar-refractivity contribution in [2.24, 2.45) is 11.7 Å². The van der Waals surface area contributed by atoms with Crippen molar-refractivity contribution in [3.8, 4) is 0 Å². The quantitative estimate of drug-likeness (QED) is 0.881. The van der Waals surface area contributed by atoms with Crippen molar-refractivity contribution in [2.75, 3.05) is 18.5 Å². The number of likely N-dealkylation sites (N-methyl/N-ethyl adjacent to an activating group) is 1. The van der Waals surface area contributed by atoms with Gasteiger partial charge in [0.15, 0.2) is 0 Å². The van der Waals surface area contributed by atoms with Crippen molar-refractivity contribution < 1.29 is 4.39 Å². The van der Waals surface area contributed by atoms with Crippen LogP contribution in [0.2, 0.25) is 0 Å². The molecule has 19 heavy (non-hydrogen) atoms. The van der Waals surface area contributed by atoms with Gasteiger partial charge in [0.2, 0.25) is 0 Å². The first-order valence-corrected chi connectivity index (χ1v) is 7.39. The molecule has 1 unspecified atom stereocenters. The zero-order valence-electron chi connectivity index (χ0n) is 11.8. The molecule has 0 amide bonds. The molecule has 0 bridgehead atoms. The van der Waals surface area contributed by atoms with Crippen LogP contribution in [0, 0.1) is 11.7 Å². The molecule has 1 aromatic rings. The Bertz CT molecular complexity index is 388. The molecule has 1 aromatic carbocycles. The number of hydrogen-bond donors (Lipinski definition) is 1. The van der Waals surface area contributed by atoms with E-state index in [-0.39, 0.29) is 11.9 Å². The Labute approximate surface area is 115 Å². The summed E-state index contributed by atoms with van der Waals surface area (Å²) in [4.78, 5) is 2.02. The lowest BCUT2D eigenvalue weighted by atomic mass is 9.84. The van der Waals surface area contributed by atoms with Gasteiger partial charge in [0.1, 0.15) is 5.82 Å². The van der Waals surface area contributed by atoms with Gasteiger partial charge in [-0.15, -0.1) is 0 Å². The van der Waals surface area contributed by atoms with E-state index in [4.69, 9.17) is 5.73 Å². The van der Waals surface area contributed by atoms with E-state index in [1.54, 1.807) is 6.07 Å². The van der Waals surface area contributed by atoms with Gasteiger partial charge in [-0.25, -0.2) is 4.39 Å². The number of hydrogen-bond acceptors (Lipinski definition) is 2. The number of halogens is 1. The van der Waals surface area contributed by atoms with Crippen LogP contribution in [-0.4, -0.2) is 19.6 Å². The molecule has 0 radical (unpaired) electrons. The Morgan fingerprint density at radius 3 is 2.58 bits per heavy atom. The van der Waals surface area contributed by atoms with Gasteiger partial charge in [-0.2, -0.15) is 0 Å². The minimum atomic E-state index is -0.160. The van der Waals surface area contributed by atoms with Crippen molar-refractivity contribution in [1.29, 1.82) is 0 Å². The second-order valence-electron chi connectivity index (χ2n) is 5.69. The van der Waals surface area contributed by atoms with E-state index >= 15 is 0 Å². The molecule has 1 atom stereocenters. The number of para-hydroxylation sites is 1. The smallest absolute Gasteiger partial charge is 0.146 e. The molecule has 0 spiro atoms. The van der Waals surface area contributed by atoms with Crippen LogP contribution < -0.4 is 10.6 Å². The summed E-state index contributed by atoms with van der Waals surface area (Å²) in [5, 5.41) is 0. The Hall–Kier alpha value is -1.09. The Balaban J connectivity index is 2.02. The minimum absolute atomic E-state index is 0.160. The fourth-order valence-electron chi connectivity index (χ4n) is 3.15. The number of nitrogens with zero attached hydrogens (tertiary/aromatic N) is 1. The van der Waals surface area contributed by atoms with Gasteiger partial charge < -0.3 is 10.6 Å². The highest BCUT2D eigenvalue weighted by atomic mass is 19.1. The summed E-state index contributed by atoms with van der Waals surface area (Å²) in [6.07, 6.45) is 7.74. The van der Waals surface area contributed by atoms with Crippen LogP contribution in [0.15, 0.2) is 24.3 Å². The molecule has 0 saturated heterocycles. The summed E-state index contributed by atoms with van der Waals surface area (Å²) in [6, 6.07) is 7.19. The molecule has 1 aliphatic carbocycles. The first kappa shape index (κ1) is 14.3. The predicted octanol–water partition coefficient (Wildman–Crippen LogP) is 3.56. The second-order valence-corrected chi connectivity index (χ2v) is 5.69. The average molecular weight is 264 g/mol. The predicted molar refractivity (Wildman–Crippen MR) is 78.8 cm³/mol. The van der Waals surface area contributed by atoms with Crippen LogP contribution in [0.1, 0.15) is 38.5 Å². The maximum Gasteiger partial charge on any atom is 0.146 e. The fraction of sp³-hybridized carbons (Fsp3) is 0.625. The maximum absolute atomic E-state index is 13.8. The highest BCUT2D eigenvalue weighted by molar-refractivity contribution is 5.47. The monoisotopic (exact) mass is 264 g/mol. The molecule has 0 aliphatic heterocycles. The molecule has 106 valence electrons. The molecule has 0 heterocycles. The molecular weight excluding hydrogens is 239 g/mol. The lowest BCUT2D eigenvalue weighted by Gasteiger charge is -2.33. The van der Waals surface area contributed by atoms with Crippen molar-refractivity contribution >= 4 is 5.69 Å². The van der Waals surface area contributed by atoms with Crippen LogP contribution in [0.25, 0.3) is 0 Å². The van der Waals surface area contributed by atoms with Crippen LogP contribution in [-0.2, 0) is 0 Å². The molecule has 2 nitrogen and oxygen atoms in total. The van der Waals surface area contributed by atoms with Gasteiger partial charge >= 0.3 is 0 Å². The third-order valence-electron chi connectivity index (χ3n) is 4.38. The summed E-state index contributed by atoms with van der Waals surface area (Å²) in [7, 11) is 1.96. The normalized spacial score (nSPS) is 18.3. The average Bonchev–Trinajstić information content (AvgIpc) is 2.46. The maximum atomic E-state index is 13.8. The summed E-state index contributed by atoms with van der Waals surface area (Å²) in [5.41, 5.74) is 6.58. The third kappa shape index (κ3) is 3.69. The van der Waals surface area contributed by atoms with Gasteiger partial charge in [0.05, 0.1) is 5.69 Å². The molecule has 3 heteroatoms. The molecule has 0 aromatic heterocycles. The molecule has 2 N–H and O–H groups in total. The van der Waals surface area contributed by atoms with E-state index in [1.165, 1.54) is 38.2 Å². The number of rotatable bonds is 5. The summed E-state index contributed by atoms with van der Waals surface area (Å²) in [6.45, 7) is 0.585. The first-order valence-electron chi connectivity index (χ1n) is 7.39. The zero-order chi connectivity index (χ0) is 13.7. The van der Waals surface area contributed by atoms with Crippen LogP contribution in [0.3, 0.4) is 0 Å². The van der Waals surface area contributed by atoms with E-state index < -0.39 is 0 Å². The molecule has 1 fully saturated rings. The van der Waals surface area contributed by atoms with Crippen LogP contribution in [0.5, 0.6) is 0 Å². The van der Waals surface area contributed by atoms with Gasteiger partial charge in [0, 0.05) is 19.6 Å². The van der Waals surface area contributed by atoms with E-state index in [0.717, 1.165) is 12.3 Å². The van der Waals surface area contributed by atoms with Crippen molar-refractivity contribution in [3.63, 3.8) is 0 Å². The van der Waals surface area contributed by atoms with Crippen molar-refractivity contribution in [3.05, 3.63) is 30.1 Å². The lowest BCUT2D eigenvalue weighted by molar-refractivity contribution is 0.315. The van der Waals surface area contributed by atoms with E-state index in [0.29, 0.717) is 12.2 Å². The topological polar surface area (TPSA) is 29.3 Å². The van der Waals surface area contributed by atoms with Gasteiger partial charge in [0.25, 0.3) is 0 Å². The van der Waals surface area contributed by atoms with Gasteiger partial charge in [-0.05, 0) is 24.5 Å². The van der Waals surface area contributed by atoms with E-state index in [9.17, 15) is 4.39 Å². The highest BCUT2D eigenvalue weighted by Crippen LogP contribution is 2.30. The van der Waals surface area contributed by atoms with E-state index in [1.807, 2.05) is 24.1 Å².